The molecule has 4 N–H and O–H groups in total. The third-order valence-electron chi connectivity index (χ3n) is 3.19. The molecule has 0 bridgehead atoms. The van der Waals surface area contributed by atoms with E-state index in [0.29, 0.717) is 39.0 Å². The number of carbonyl (C=O) groups excluding carboxylic acids is 2. The van der Waals surface area contributed by atoms with Gasteiger partial charge in [-0.3, -0.25) is 9.59 Å². The van der Waals surface area contributed by atoms with Crippen LogP contribution in [0.2, 0.25) is 0 Å². The molecule has 0 saturated carbocycles. The van der Waals surface area contributed by atoms with Crippen LogP contribution >= 0.6 is 0 Å². The van der Waals surface area contributed by atoms with Crippen molar-refractivity contribution < 1.29 is 14.3 Å². The molecule has 0 aromatic rings. The zero-order valence-electron chi connectivity index (χ0n) is 12.9. The smallest absolute Gasteiger partial charge is 0.152 e. The van der Waals surface area contributed by atoms with E-state index in [9.17, 15) is 9.59 Å². The van der Waals surface area contributed by atoms with Crippen LogP contribution in [0.1, 0.15) is 52.4 Å². The lowest BCUT2D eigenvalue weighted by molar-refractivity contribution is -0.123. The molecule has 5 nitrogen and oxygen atoms in total. The highest BCUT2D eigenvalue weighted by Gasteiger charge is 2.16. The predicted molar refractivity (Wildman–Crippen MR) is 80.4 cm³/mol. The first-order valence-corrected chi connectivity index (χ1v) is 7.57. The van der Waals surface area contributed by atoms with Gasteiger partial charge in [0.2, 0.25) is 0 Å². The largest absolute Gasteiger partial charge is 0.380 e. The van der Waals surface area contributed by atoms with Gasteiger partial charge in [0, 0.05) is 25.3 Å². The summed E-state index contributed by atoms with van der Waals surface area (Å²) >= 11 is 0. The molecule has 1 unspecified atom stereocenters. The van der Waals surface area contributed by atoms with E-state index in [0.717, 1.165) is 19.3 Å². The van der Waals surface area contributed by atoms with E-state index < -0.39 is 0 Å². The zero-order valence-corrected chi connectivity index (χ0v) is 12.9. The van der Waals surface area contributed by atoms with Crippen LogP contribution in [0.3, 0.4) is 0 Å². The first-order valence-electron chi connectivity index (χ1n) is 7.57. The van der Waals surface area contributed by atoms with Crippen molar-refractivity contribution >= 4 is 11.6 Å². The van der Waals surface area contributed by atoms with Crippen LogP contribution in [0.5, 0.6) is 0 Å². The normalized spacial score (nSPS) is 12.7. The van der Waals surface area contributed by atoms with Crippen LogP contribution in [0.4, 0.5) is 0 Å². The molecule has 0 amide bonds. The third kappa shape index (κ3) is 10.1. The molecule has 0 fully saturated rings. The molecule has 20 heavy (non-hydrogen) atoms. The minimum atomic E-state index is -0.352. The lowest BCUT2D eigenvalue weighted by Crippen LogP contribution is -2.33. The summed E-state index contributed by atoms with van der Waals surface area (Å²) in [5, 5.41) is 0. The van der Waals surface area contributed by atoms with Gasteiger partial charge < -0.3 is 16.2 Å². The van der Waals surface area contributed by atoms with Crippen molar-refractivity contribution in [2.45, 2.75) is 58.4 Å². The van der Waals surface area contributed by atoms with Crippen molar-refractivity contribution in [2.24, 2.45) is 17.4 Å². The Kier molecular flexibility index (Phi) is 11.5. The maximum Gasteiger partial charge on any atom is 0.152 e. The average Bonchev–Trinajstić information content (AvgIpc) is 2.42. The highest BCUT2D eigenvalue weighted by Crippen LogP contribution is 2.09. The van der Waals surface area contributed by atoms with Gasteiger partial charge in [0.05, 0.1) is 19.3 Å². The number of nitrogens with two attached hydrogens (primary N) is 2. The summed E-state index contributed by atoms with van der Waals surface area (Å²) in [6, 6.07) is -0.352. The number of ketones is 2. The van der Waals surface area contributed by atoms with Gasteiger partial charge in [0.1, 0.15) is 5.78 Å². The zero-order chi connectivity index (χ0) is 15.4. The van der Waals surface area contributed by atoms with E-state index in [1.807, 2.05) is 13.8 Å². The van der Waals surface area contributed by atoms with E-state index in [1.54, 1.807) is 0 Å². The summed E-state index contributed by atoms with van der Waals surface area (Å²) < 4.78 is 5.16. The van der Waals surface area contributed by atoms with Crippen molar-refractivity contribution in [1.29, 1.82) is 0 Å². The molecule has 1 atom stereocenters. The molecule has 0 saturated heterocycles. The summed E-state index contributed by atoms with van der Waals surface area (Å²) in [6.07, 6.45) is 4.46. The monoisotopic (exact) mass is 286 g/mol. The SMILES string of the molecule is CC(C)C(=O)C(N)CCCCCC(=O)CCOCCN. The molecule has 118 valence electrons. The molecule has 0 heterocycles. The minimum absolute atomic E-state index is 0.0000912. The molecular formula is C15H30N2O3. The molecule has 0 radical (unpaired) electrons. The fourth-order valence-corrected chi connectivity index (χ4v) is 1.93. The van der Waals surface area contributed by atoms with Gasteiger partial charge >= 0.3 is 0 Å². The predicted octanol–water partition coefficient (Wildman–Crippen LogP) is 1.42. The maximum absolute atomic E-state index is 11.6. The van der Waals surface area contributed by atoms with Gasteiger partial charge in [-0.2, -0.15) is 0 Å². The van der Waals surface area contributed by atoms with Gasteiger partial charge in [-0.15, -0.1) is 0 Å². The fourth-order valence-electron chi connectivity index (χ4n) is 1.93. The Labute approximate surface area is 122 Å². The minimum Gasteiger partial charge on any atom is -0.380 e. The van der Waals surface area contributed by atoms with Crippen LogP contribution in [0.15, 0.2) is 0 Å². The van der Waals surface area contributed by atoms with E-state index in [-0.39, 0.29) is 23.5 Å². The third-order valence-corrected chi connectivity index (χ3v) is 3.19. The molecule has 0 aliphatic heterocycles. The second-order valence-electron chi connectivity index (χ2n) is 5.45. The lowest BCUT2D eigenvalue weighted by atomic mass is 9.97. The molecule has 0 rings (SSSR count). The first-order chi connectivity index (χ1) is 9.49. The van der Waals surface area contributed by atoms with Crippen molar-refractivity contribution in [3.05, 3.63) is 0 Å². The Morgan fingerprint density at radius 3 is 2.35 bits per heavy atom. The second kappa shape index (κ2) is 12.0. The summed E-state index contributed by atoms with van der Waals surface area (Å²) in [4.78, 5) is 23.1. The van der Waals surface area contributed by atoms with Crippen molar-refractivity contribution in [1.82, 2.24) is 0 Å². The Balaban J connectivity index is 3.47. The van der Waals surface area contributed by atoms with Gasteiger partial charge in [-0.05, 0) is 12.8 Å². The number of ether oxygens (including phenoxy) is 1. The average molecular weight is 286 g/mol. The maximum atomic E-state index is 11.6. The molecule has 0 aliphatic carbocycles. The van der Waals surface area contributed by atoms with Crippen LogP contribution in [0.25, 0.3) is 0 Å². The van der Waals surface area contributed by atoms with E-state index in [1.165, 1.54) is 0 Å². The van der Waals surface area contributed by atoms with Crippen molar-refractivity contribution in [2.75, 3.05) is 19.8 Å². The summed E-state index contributed by atoms with van der Waals surface area (Å²) in [5.41, 5.74) is 11.1. The number of hydrogen-bond acceptors (Lipinski definition) is 5. The van der Waals surface area contributed by atoms with Crippen LogP contribution < -0.4 is 11.5 Å². The Hall–Kier alpha value is -0.780. The quantitative estimate of drug-likeness (QED) is 0.499. The molecular weight excluding hydrogens is 256 g/mol. The van der Waals surface area contributed by atoms with Crippen LogP contribution in [-0.2, 0) is 14.3 Å². The van der Waals surface area contributed by atoms with Gasteiger partial charge in [0.15, 0.2) is 5.78 Å². The number of carbonyl (C=O) groups is 2. The lowest BCUT2D eigenvalue weighted by Gasteiger charge is -2.12. The number of Topliss-reactive ketones (excluding diaryl/α,β-unsaturated/α-hetero) is 2. The van der Waals surface area contributed by atoms with E-state index >= 15 is 0 Å². The Bertz CT molecular complexity index is 280. The number of hydrogen-bond donors (Lipinski definition) is 2. The van der Waals surface area contributed by atoms with E-state index in [4.69, 9.17) is 16.2 Å². The standard InChI is InChI=1S/C15H30N2O3/c1-12(2)15(19)14(17)7-5-3-4-6-13(18)8-10-20-11-9-16/h12,14H,3-11,16-17H2,1-2H3. The summed E-state index contributed by atoms with van der Waals surface area (Å²) in [6.45, 7) is 5.20. The number of rotatable bonds is 13. The van der Waals surface area contributed by atoms with Gasteiger partial charge in [-0.25, -0.2) is 0 Å². The molecule has 0 aliphatic rings. The van der Waals surface area contributed by atoms with Crippen LogP contribution in [-0.4, -0.2) is 37.4 Å². The highest BCUT2D eigenvalue weighted by molar-refractivity contribution is 5.85. The first kappa shape index (κ1) is 19.2. The summed E-state index contributed by atoms with van der Waals surface area (Å²) in [5.74, 6) is 0.350. The Morgan fingerprint density at radius 2 is 1.75 bits per heavy atom. The summed E-state index contributed by atoms with van der Waals surface area (Å²) in [7, 11) is 0. The Morgan fingerprint density at radius 1 is 1.05 bits per heavy atom. The highest BCUT2D eigenvalue weighted by atomic mass is 16.5. The van der Waals surface area contributed by atoms with E-state index in [2.05, 4.69) is 0 Å². The van der Waals surface area contributed by atoms with Crippen molar-refractivity contribution in [3.63, 3.8) is 0 Å². The number of unbranched alkanes of at least 4 members (excludes halogenated alkanes) is 2. The van der Waals surface area contributed by atoms with Gasteiger partial charge in [-0.1, -0.05) is 26.7 Å². The van der Waals surface area contributed by atoms with Gasteiger partial charge in [0.25, 0.3) is 0 Å². The molecule has 0 aromatic heterocycles. The molecule has 0 spiro atoms. The molecule has 5 heteroatoms. The topological polar surface area (TPSA) is 95.4 Å². The fraction of sp³-hybridized carbons (Fsp3) is 0.867. The molecule has 0 aromatic carbocycles. The van der Waals surface area contributed by atoms with Crippen molar-refractivity contribution in [3.8, 4) is 0 Å². The van der Waals surface area contributed by atoms with Crippen LogP contribution in [0, 0.1) is 5.92 Å². The second-order valence-corrected chi connectivity index (χ2v) is 5.45.